The Morgan fingerprint density at radius 2 is 0.800 bits per heavy atom. The van der Waals surface area contributed by atoms with E-state index in [1.807, 2.05) is 0 Å². The summed E-state index contributed by atoms with van der Waals surface area (Å²) in [7, 11) is 0. The van der Waals surface area contributed by atoms with Crippen LogP contribution in [0.25, 0.3) is 0 Å². The normalized spacial score (nSPS) is 12.3. The Balaban J connectivity index is -0.0000000596. The Morgan fingerprint density at radius 1 is 0.667 bits per heavy atom. The van der Waals surface area contributed by atoms with Crippen LogP contribution in [0.3, 0.4) is 0 Å². The molecule has 4 unspecified atom stereocenters. The second-order valence-corrected chi connectivity index (χ2v) is 4.85. The first-order valence-corrected chi connectivity index (χ1v) is 7.85. The Labute approximate surface area is 192 Å². The summed E-state index contributed by atoms with van der Waals surface area (Å²) in [4.78, 5) is 37.4. The second kappa shape index (κ2) is 29.7. The molecule has 176 valence electrons. The summed E-state index contributed by atoms with van der Waals surface area (Å²) in [5, 5.41) is 77.2. The van der Waals surface area contributed by atoms with E-state index < -0.39 is 48.3 Å². The van der Waals surface area contributed by atoms with Gasteiger partial charge in [0.2, 0.25) is 0 Å². The van der Waals surface area contributed by atoms with Crippen molar-refractivity contribution >= 4 is 23.9 Å². The van der Waals surface area contributed by atoms with Gasteiger partial charge in [-0.25, -0.2) is 0 Å². The van der Waals surface area contributed by atoms with Crippen molar-refractivity contribution in [1.82, 2.24) is 0 Å². The second-order valence-electron chi connectivity index (χ2n) is 4.85. The van der Waals surface area contributed by atoms with Gasteiger partial charge in [0.1, 0.15) is 0 Å². The predicted octanol–water partition coefficient (Wildman–Crippen LogP) is -8.21. The quantitative estimate of drug-likeness (QED) is 0.189. The van der Waals surface area contributed by atoms with Gasteiger partial charge in [-0.05, 0) is 40.7 Å². The molecule has 0 aliphatic heterocycles. The molecule has 0 radical (unpaired) electrons. The molecule has 0 aromatic heterocycles. The number of carboxylic acids is 4. The average Bonchev–Trinajstić information content (AvgIpc) is 2.57. The van der Waals surface area contributed by atoms with Gasteiger partial charge in [0.15, 0.2) is 0 Å². The summed E-state index contributed by atoms with van der Waals surface area (Å²) >= 11 is 0. The van der Waals surface area contributed by atoms with Gasteiger partial charge in [0, 0.05) is 6.61 Å². The van der Waals surface area contributed by atoms with Crippen LogP contribution in [0.4, 0.5) is 0 Å². The van der Waals surface area contributed by atoms with E-state index in [4.69, 9.17) is 31.3 Å². The van der Waals surface area contributed by atoms with E-state index in [9.17, 15) is 39.6 Å². The van der Waals surface area contributed by atoms with Gasteiger partial charge < -0.3 is 70.9 Å². The average molecular weight is 523 g/mol. The van der Waals surface area contributed by atoms with E-state index in [1.54, 1.807) is 0 Å². The van der Waals surface area contributed by atoms with Gasteiger partial charge in [-0.1, -0.05) is 0 Å². The zero-order valence-electron chi connectivity index (χ0n) is 17.0. The third-order valence-corrected chi connectivity index (χ3v) is 1.73. The molecular weight excluding hydrogens is 493 g/mol. The SMILES string of the molecule is CC(O)C(=O)[O-].CC(O)C(=O)[O-].CC(O)C(=O)[O-].CC(O)C(=O)[O-].NCCCO.[Zr+4]. The number of nitrogens with two attached hydrogens (primary N) is 1. The molecule has 0 fully saturated rings. The molecule has 0 rings (SSSR count). The van der Waals surface area contributed by atoms with Crippen LogP contribution in [0.15, 0.2) is 0 Å². The van der Waals surface area contributed by atoms with Crippen LogP contribution < -0.4 is 26.2 Å². The minimum Gasteiger partial charge on any atom is -0.547 e. The van der Waals surface area contributed by atoms with Crippen LogP contribution in [0.5, 0.6) is 0 Å². The van der Waals surface area contributed by atoms with Crippen LogP contribution in [-0.4, -0.2) is 87.0 Å². The number of aliphatic hydroxyl groups is 5. The summed E-state index contributed by atoms with van der Waals surface area (Å²) in [5.74, 6) is -5.74. The van der Waals surface area contributed by atoms with Gasteiger partial charge >= 0.3 is 26.2 Å². The molecule has 7 N–H and O–H groups in total. The Hall–Kier alpha value is -1.48. The first-order valence-electron chi connectivity index (χ1n) is 7.85. The molecule has 0 saturated heterocycles. The Bertz CT molecular complexity index is 355. The Kier molecular flexibility index (Phi) is 42.2. The molecule has 0 aliphatic rings. The van der Waals surface area contributed by atoms with Crippen molar-refractivity contribution in [1.29, 1.82) is 0 Å². The Morgan fingerprint density at radius 3 is 0.800 bits per heavy atom. The van der Waals surface area contributed by atoms with Crippen molar-refractivity contribution in [2.45, 2.75) is 58.5 Å². The van der Waals surface area contributed by atoms with Crippen molar-refractivity contribution in [3.63, 3.8) is 0 Å². The van der Waals surface area contributed by atoms with Gasteiger partial charge in [0.25, 0.3) is 0 Å². The van der Waals surface area contributed by atoms with Crippen LogP contribution in [-0.2, 0) is 45.4 Å². The number of hydrogen-bond donors (Lipinski definition) is 6. The smallest absolute Gasteiger partial charge is 0.547 e. The molecule has 0 bridgehead atoms. The van der Waals surface area contributed by atoms with E-state index in [1.165, 1.54) is 0 Å². The van der Waals surface area contributed by atoms with Crippen molar-refractivity contribution < 1.29 is 91.3 Å². The van der Waals surface area contributed by atoms with Gasteiger partial charge in [-0.2, -0.15) is 0 Å². The number of rotatable bonds is 6. The zero-order valence-corrected chi connectivity index (χ0v) is 19.5. The zero-order chi connectivity index (χ0) is 24.7. The van der Waals surface area contributed by atoms with Gasteiger partial charge in [-0.15, -0.1) is 0 Å². The molecular formula is C15H29NO13Zr. The number of carbonyl (C=O) groups excluding carboxylic acids is 4. The molecule has 14 nitrogen and oxygen atoms in total. The van der Waals surface area contributed by atoms with E-state index in [2.05, 4.69) is 0 Å². The summed E-state index contributed by atoms with van der Waals surface area (Å²) in [6.45, 7) is 5.35. The third kappa shape index (κ3) is 63.3. The molecule has 0 spiro atoms. The first kappa shape index (κ1) is 42.6. The summed E-state index contributed by atoms with van der Waals surface area (Å²) < 4.78 is 0. The minimum absolute atomic E-state index is 0. The fourth-order valence-electron chi connectivity index (χ4n) is 0.0913. The number of aliphatic hydroxyl groups excluding tert-OH is 5. The largest absolute Gasteiger partial charge is 4.00 e. The number of carboxylic acid groups (broad SMARTS) is 4. The summed E-state index contributed by atoms with van der Waals surface area (Å²) in [5.41, 5.74) is 4.98. The van der Waals surface area contributed by atoms with Gasteiger partial charge in [-0.3, -0.25) is 0 Å². The fraction of sp³-hybridized carbons (Fsp3) is 0.733. The molecule has 4 atom stereocenters. The third-order valence-electron chi connectivity index (χ3n) is 1.73. The summed E-state index contributed by atoms with van der Waals surface area (Å²) in [6, 6.07) is 0. The number of hydrogen-bond acceptors (Lipinski definition) is 14. The van der Waals surface area contributed by atoms with Crippen molar-refractivity contribution in [3.8, 4) is 0 Å². The first-order chi connectivity index (χ1) is 13.0. The maximum Gasteiger partial charge on any atom is 4.00 e. The maximum absolute atomic E-state index is 9.34. The molecule has 30 heavy (non-hydrogen) atoms. The number of carbonyl (C=O) groups is 4. The number of aliphatic carboxylic acids is 4. The maximum atomic E-state index is 9.34. The van der Waals surface area contributed by atoms with Crippen LogP contribution in [0.2, 0.25) is 0 Å². The van der Waals surface area contributed by atoms with E-state index in [0.717, 1.165) is 34.1 Å². The van der Waals surface area contributed by atoms with E-state index in [-0.39, 0.29) is 32.8 Å². The molecule has 0 amide bonds. The van der Waals surface area contributed by atoms with Crippen molar-refractivity contribution in [2.24, 2.45) is 5.73 Å². The molecule has 15 heteroatoms. The van der Waals surface area contributed by atoms with E-state index in [0.29, 0.717) is 6.54 Å². The van der Waals surface area contributed by atoms with Crippen LogP contribution in [0, 0.1) is 0 Å². The standard InChI is InChI=1S/C3H9NO.4C3H6O3.Zr/c4-2-1-3-5;4*1-2(4)3(5)6;/h5H,1-4H2;4*2,4H,1H3,(H,5,6);/q;;;;;+4/p-4. The van der Waals surface area contributed by atoms with Gasteiger partial charge in [0.05, 0.1) is 48.3 Å². The van der Waals surface area contributed by atoms with E-state index >= 15 is 0 Å². The minimum atomic E-state index is -1.44. The molecule has 0 aromatic carbocycles. The molecule has 0 saturated carbocycles. The van der Waals surface area contributed by atoms with Crippen LogP contribution in [0.1, 0.15) is 34.1 Å². The predicted molar refractivity (Wildman–Crippen MR) is 87.5 cm³/mol. The topological polar surface area (TPSA) is 288 Å². The molecule has 0 heterocycles. The monoisotopic (exact) mass is 521 g/mol. The summed E-state index contributed by atoms with van der Waals surface area (Å²) in [6.07, 6.45) is -4.65. The van der Waals surface area contributed by atoms with Crippen molar-refractivity contribution in [3.05, 3.63) is 0 Å². The van der Waals surface area contributed by atoms with Crippen molar-refractivity contribution in [2.75, 3.05) is 13.2 Å². The molecule has 0 aliphatic carbocycles. The molecule has 0 aromatic rings. The fourth-order valence-corrected chi connectivity index (χ4v) is 0.0913. The van der Waals surface area contributed by atoms with Crippen LogP contribution >= 0.6 is 0 Å².